The molecule has 18 heavy (non-hydrogen) atoms. The van der Waals surface area contributed by atoms with E-state index in [4.69, 9.17) is 0 Å². The van der Waals surface area contributed by atoms with Gasteiger partial charge < -0.3 is 10.4 Å². The van der Waals surface area contributed by atoms with Crippen LogP contribution < -0.4 is 5.32 Å². The molecule has 2 rings (SSSR count). The first-order chi connectivity index (χ1) is 8.74. The van der Waals surface area contributed by atoms with Crippen LogP contribution in [0.3, 0.4) is 0 Å². The fraction of sp³-hybridized carbons (Fsp3) is 0.286. The molecule has 1 heterocycles. The summed E-state index contributed by atoms with van der Waals surface area (Å²) in [4.78, 5) is 8.05. The van der Waals surface area contributed by atoms with Crippen LogP contribution >= 0.6 is 0 Å². The van der Waals surface area contributed by atoms with Crippen LogP contribution in [0.4, 0.5) is 0 Å². The molecule has 0 amide bonds. The molecule has 0 fully saturated rings. The second kappa shape index (κ2) is 6.12. The average molecular weight is 243 g/mol. The maximum absolute atomic E-state index is 9.21. The van der Waals surface area contributed by atoms with Crippen molar-refractivity contribution in [2.45, 2.75) is 25.9 Å². The third-order valence-electron chi connectivity index (χ3n) is 2.75. The van der Waals surface area contributed by atoms with Gasteiger partial charge >= 0.3 is 0 Å². The summed E-state index contributed by atoms with van der Waals surface area (Å²) in [5.74, 6) is 0.306. The third kappa shape index (κ3) is 3.82. The van der Waals surface area contributed by atoms with E-state index in [2.05, 4.69) is 22.2 Å². The summed E-state index contributed by atoms with van der Waals surface area (Å²) in [6, 6.07) is 9.57. The highest BCUT2D eigenvalue weighted by Crippen LogP contribution is 2.11. The van der Waals surface area contributed by atoms with Crippen LogP contribution in [0.25, 0.3) is 0 Å². The van der Waals surface area contributed by atoms with E-state index in [1.54, 1.807) is 24.7 Å². The Labute approximate surface area is 107 Å². The molecule has 2 aromatic rings. The summed E-state index contributed by atoms with van der Waals surface area (Å²) in [5.41, 5.74) is 2.19. The number of rotatable bonds is 5. The fourth-order valence-corrected chi connectivity index (χ4v) is 1.76. The zero-order valence-electron chi connectivity index (χ0n) is 10.4. The lowest BCUT2D eigenvalue weighted by molar-refractivity contribution is 0.474. The molecule has 2 N–H and O–H groups in total. The summed E-state index contributed by atoms with van der Waals surface area (Å²) >= 11 is 0. The summed E-state index contributed by atoms with van der Waals surface area (Å²) in [6.45, 7) is 2.87. The van der Waals surface area contributed by atoms with Gasteiger partial charge in [-0.2, -0.15) is 0 Å². The monoisotopic (exact) mass is 243 g/mol. The molecule has 4 nitrogen and oxygen atoms in total. The van der Waals surface area contributed by atoms with Crippen LogP contribution in [0.5, 0.6) is 5.75 Å². The van der Waals surface area contributed by atoms with E-state index < -0.39 is 0 Å². The second-order valence-electron chi connectivity index (χ2n) is 4.35. The van der Waals surface area contributed by atoms with Crippen molar-refractivity contribution in [3.63, 3.8) is 0 Å². The van der Waals surface area contributed by atoms with E-state index in [-0.39, 0.29) is 0 Å². The number of aromatic nitrogens is 2. The smallest absolute Gasteiger partial charge is 0.115 e. The lowest BCUT2D eigenvalue weighted by Gasteiger charge is -2.13. The van der Waals surface area contributed by atoms with Crippen LogP contribution in [-0.2, 0) is 13.0 Å². The number of nitrogens with zero attached hydrogens (tertiary/aromatic N) is 2. The minimum Gasteiger partial charge on any atom is -0.508 e. The fourth-order valence-electron chi connectivity index (χ4n) is 1.76. The van der Waals surface area contributed by atoms with Crippen molar-refractivity contribution in [1.82, 2.24) is 15.3 Å². The SMILES string of the molecule is CC(Cc1ccc(O)cc1)NCc1ccncn1. The third-order valence-corrected chi connectivity index (χ3v) is 2.75. The van der Waals surface area contributed by atoms with Gasteiger partial charge in [0.05, 0.1) is 5.69 Å². The Balaban J connectivity index is 1.82. The second-order valence-corrected chi connectivity index (χ2v) is 4.35. The maximum atomic E-state index is 9.21. The van der Waals surface area contributed by atoms with Crippen molar-refractivity contribution >= 4 is 0 Å². The highest BCUT2D eigenvalue weighted by atomic mass is 16.3. The van der Waals surface area contributed by atoms with Gasteiger partial charge in [-0.05, 0) is 37.1 Å². The summed E-state index contributed by atoms with van der Waals surface area (Å²) < 4.78 is 0. The zero-order valence-corrected chi connectivity index (χ0v) is 10.4. The average Bonchev–Trinajstić information content (AvgIpc) is 2.40. The molecule has 0 spiro atoms. The van der Waals surface area contributed by atoms with E-state index in [1.165, 1.54) is 5.56 Å². The number of nitrogens with one attached hydrogen (secondary N) is 1. The van der Waals surface area contributed by atoms with Gasteiger partial charge in [-0.1, -0.05) is 12.1 Å². The van der Waals surface area contributed by atoms with Crippen molar-refractivity contribution < 1.29 is 5.11 Å². The predicted molar refractivity (Wildman–Crippen MR) is 70.1 cm³/mol. The molecule has 0 aliphatic heterocycles. The number of benzene rings is 1. The van der Waals surface area contributed by atoms with Crippen molar-refractivity contribution in [3.05, 3.63) is 54.1 Å². The van der Waals surface area contributed by atoms with Crippen LogP contribution in [-0.4, -0.2) is 21.1 Å². The van der Waals surface area contributed by atoms with Crippen LogP contribution in [0.2, 0.25) is 0 Å². The van der Waals surface area contributed by atoms with Crippen LogP contribution in [0.1, 0.15) is 18.2 Å². The molecule has 0 bridgehead atoms. The lowest BCUT2D eigenvalue weighted by Crippen LogP contribution is -2.27. The molecule has 1 aromatic carbocycles. The Hall–Kier alpha value is -1.94. The summed E-state index contributed by atoms with van der Waals surface area (Å²) in [5, 5.41) is 12.6. The number of phenols is 1. The Kier molecular flexibility index (Phi) is 4.25. The van der Waals surface area contributed by atoms with Crippen LogP contribution in [0, 0.1) is 0 Å². The Morgan fingerprint density at radius 3 is 2.67 bits per heavy atom. The van der Waals surface area contributed by atoms with Gasteiger partial charge in [0.1, 0.15) is 12.1 Å². The molecule has 4 heteroatoms. The first-order valence-corrected chi connectivity index (χ1v) is 6.00. The molecule has 0 aliphatic carbocycles. The largest absolute Gasteiger partial charge is 0.508 e. The van der Waals surface area contributed by atoms with Crippen molar-refractivity contribution in [2.24, 2.45) is 0 Å². The number of hydrogen-bond acceptors (Lipinski definition) is 4. The van der Waals surface area contributed by atoms with E-state index in [0.29, 0.717) is 11.8 Å². The van der Waals surface area contributed by atoms with Crippen molar-refractivity contribution in [2.75, 3.05) is 0 Å². The van der Waals surface area contributed by atoms with Gasteiger partial charge in [0.15, 0.2) is 0 Å². The predicted octanol–water partition coefficient (Wildman–Crippen LogP) is 1.90. The number of aromatic hydroxyl groups is 1. The molecule has 0 saturated heterocycles. The number of phenolic OH excluding ortho intramolecular Hbond substituents is 1. The Morgan fingerprint density at radius 2 is 2.00 bits per heavy atom. The first-order valence-electron chi connectivity index (χ1n) is 6.00. The standard InChI is InChI=1S/C14H17N3O/c1-11(8-12-2-4-14(18)5-3-12)16-9-13-6-7-15-10-17-13/h2-7,10-11,16,18H,8-9H2,1H3. The highest BCUT2D eigenvalue weighted by molar-refractivity contribution is 5.26. The first kappa shape index (κ1) is 12.5. The number of hydrogen-bond donors (Lipinski definition) is 2. The summed E-state index contributed by atoms with van der Waals surface area (Å²) in [6.07, 6.45) is 4.22. The minimum atomic E-state index is 0.306. The van der Waals surface area contributed by atoms with Gasteiger partial charge in [0.2, 0.25) is 0 Å². The van der Waals surface area contributed by atoms with Crippen molar-refractivity contribution in [3.8, 4) is 5.75 Å². The maximum Gasteiger partial charge on any atom is 0.115 e. The summed E-state index contributed by atoms with van der Waals surface area (Å²) in [7, 11) is 0. The molecule has 1 atom stereocenters. The molecule has 1 aromatic heterocycles. The van der Waals surface area contributed by atoms with Gasteiger partial charge in [-0.3, -0.25) is 0 Å². The van der Waals surface area contributed by atoms with Gasteiger partial charge in [-0.15, -0.1) is 0 Å². The molecule has 0 saturated carbocycles. The van der Waals surface area contributed by atoms with Crippen molar-refractivity contribution in [1.29, 1.82) is 0 Å². The quantitative estimate of drug-likeness (QED) is 0.842. The Morgan fingerprint density at radius 1 is 1.22 bits per heavy atom. The molecule has 1 unspecified atom stereocenters. The molecule has 0 radical (unpaired) electrons. The highest BCUT2D eigenvalue weighted by Gasteiger charge is 2.03. The van der Waals surface area contributed by atoms with E-state index in [1.807, 2.05) is 18.2 Å². The molecule has 94 valence electrons. The topological polar surface area (TPSA) is 58.0 Å². The lowest BCUT2D eigenvalue weighted by atomic mass is 10.1. The Bertz CT molecular complexity index is 470. The molecular weight excluding hydrogens is 226 g/mol. The molecule has 0 aliphatic rings. The normalized spacial score (nSPS) is 12.3. The van der Waals surface area contributed by atoms with E-state index in [9.17, 15) is 5.11 Å². The zero-order chi connectivity index (χ0) is 12.8. The van der Waals surface area contributed by atoms with E-state index >= 15 is 0 Å². The van der Waals surface area contributed by atoms with Gasteiger partial charge in [0.25, 0.3) is 0 Å². The van der Waals surface area contributed by atoms with Crippen LogP contribution in [0.15, 0.2) is 42.9 Å². The van der Waals surface area contributed by atoms with Gasteiger partial charge in [-0.25, -0.2) is 9.97 Å². The van der Waals surface area contributed by atoms with Gasteiger partial charge in [0, 0.05) is 18.8 Å². The minimum absolute atomic E-state index is 0.306. The van der Waals surface area contributed by atoms with E-state index in [0.717, 1.165) is 18.7 Å². The molecular formula is C14H17N3O.